The second-order valence-corrected chi connectivity index (χ2v) is 11.1. The van der Waals surface area contributed by atoms with E-state index in [2.05, 4.69) is 59.2 Å². The summed E-state index contributed by atoms with van der Waals surface area (Å²) in [6.07, 6.45) is 9.15. The lowest BCUT2D eigenvalue weighted by molar-refractivity contribution is 0.264. The van der Waals surface area contributed by atoms with Crippen LogP contribution in [0.2, 0.25) is 0 Å². The van der Waals surface area contributed by atoms with Gasteiger partial charge in [-0.1, -0.05) is 33.8 Å². The third kappa shape index (κ3) is 7.44. The first-order chi connectivity index (χ1) is 8.19. The highest BCUT2D eigenvalue weighted by molar-refractivity contribution is 7.73. The zero-order valence-electron chi connectivity index (χ0n) is 13.4. The van der Waals surface area contributed by atoms with Gasteiger partial charge in [0.1, 0.15) is 0 Å². The molecule has 0 heterocycles. The van der Waals surface area contributed by atoms with Crippen molar-refractivity contribution in [1.82, 2.24) is 4.90 Å². The predicted molar refractivity (Wildman–Crippen MR) is 90.6 cm³/mol. The van der Waals surface area contributed by atoms with Gasteiger partial charge in [0.25, 0.3) is 0 Å². The molecule has 2 heteroatoms. The van der Waals surface area contributed by atoms with Crippen LogP contribution in [0.1, 0.15) is 34.1 Å². The van der Waals surface area contributed by atoms with Crippen molar-refractivity contribution in [2.45, 2.75) is 39.8 Å². The first-order valence-electron chi connectivity index (χ1n) is 7.19. The summed E-state index contributed by atoms with van der Waals surface area (Å²) < 4.78 is 0. The summed E-state index contributed by atoms with van der Waals surface area (Å²) in [5.74, 6) is 1.36. The largest absolute Gasteiger partial charge is 0.306 e. The second kappa shape index (κ2) is 8.23. The molecule has 0 spiro atoms. The van der Waals surface area contributed by atoms with Crippen molar-refractivity contribution in [3.05, 3.63) is 12.7 Å². The summed E-state index contributed by atoms with van der Waals surface area (Å²) in [4.78, 5) is 2.44. The van der Waals surface area contributed by atoms with Gasteiger partial charge in [0.15, 0.2) is 0 Å². The van der Waals surface area contributed by atoms with Crippen LogP contribution in [-0.4, -0.2) is 49.8 Å². The van der Waals surface area contributed by atoms with Crippen LogP contribution in [0.3, 0.4) is 0 Å². The van der Waals surface area contributed by atoms with E-state index in [4.69, 9.17) is 0 Å². The molecule has 3 atom stereocenters. The zero-order valence-corrected chi connectivity index (χ0v) is 14.3. The standard InChI is InChI=1S/C16H34NP/c1-9-15(4)12-17(6)13-16(5)10-11-18(7,8)14(2)3/h9,14-16H,1,7,10-13H2,2-6,8H3. The van der Waals surface area contributed by atoms with Gasteiger partial charge in [-0.2, -0.15) is 0 Å². The molecule has 3 unspecified atom stereocenters. The maximum Gasteiger partial charge on any atom is 0.00386 e. The highest BCUT2D eigenvalue weighted by atomic mass is 31.2. The van der Waals surface area contributed by atoms with E-state index in [0.717, 1.165) is 18.1 Å². The second-order valence-electron chi connectivity index (χ2n) is 6.62. The van der Waals surface area contributed by atoms with Crippen molar-refractivity contribution in [3.8, 4) is 0 Å². The summed E-state index contributed by atoms with van der Waals surface area (Å²) in [7, 11) is 2.22. The smallest absolute Gasteiger partial charge is 0.00386 e. The Hall–Kier alpha value is 0. The van der Waals surface area contributed by atoms with E-state index in [1.807, 2.05) is 6.08 Å². The normalized spacial score (nSPS) is 18.7. The lowest BCUT2D eigenvalue weighted by Gasteiger charge is -2.27. The summed E-state index contributed by atoms with van der Waals surface area (Å²) in [5.41, 5.74) is 0.767. The number of hydrogen-bond acceptors (Lipinski definition) is 1. The van der Waals surface area contributed by atoms with Gasteiger partial charge < -0.3 is 4.90 Å². The van der Waals surface area contributed by atoms with Crippen LogP contribution in [0.25, 0.3) is 0 Å². The van der Waals surface area contributed by atoms with Gasteiger partial charge in [-0.05, 0) is 43.8 Å². The van der Waals surface area contributed by atoms with Gasteiger partial charge in [-0.3, -0.25) is 0 Å². The van der Waals surface area contributed by atoms with E-state index in [1.165, 1.54) is 19.1 Å². The van der Waals surface area contributed by atoms with Crippen LogP contribution in [0.15, 0.2) is 12.7 Å². The molecule has 0 aliphatic rings. The Kier molecular flexibility index (Phi) is 8.23. The van der Waals surface area contributed by atoms with Crippen LogP contribution in [0, 0.1) is 11.8 Å². The number of hydrogen-bond donors (Lipinski definition) is 0. The fourth-order valence-electron chi connectivity index (χ4n) is 2.04. The van der Waals surface area contributed by atoms with Gasteiger partial charge in [0.2, 0.25) is 0 Å². The molecule has 0 aliphatic heterocycles. The first kappa shape index (κ1) is 18.0. The Bertz CT molecular complexity index is 283. The molecular weight excluding hydrogens is 237 g/mol. The maximum atomic E-state index is 4.47. The Morgan fingerprint density at radius 1 is 1.17 bits per heavy atom. The third-order valence-corrected chi connectivity index (χ3v) is 7.78. The quantitative estimate of drug-likeness (QED) is 0.447. The van der Waals surface area contributed by atoms with Crippen LogP contribution in [0.5, 0.6) is 0 Å². The Balaban J connectivity index is 4.01. The Morgan fingerprint density at radius 2 is 1.72 bits per heavy atom. The molecule has 0 saturated carbocycles. The molecule has 0 amide bonds. The van der Waals surface area contributed by atoms with Crippen molar-refractivity contribution < 1.29 is 0 Å². The topological polar surface area (TPSA) is 3.24 Å². The molecule has 0 saturated heterocycles. The van der Waals surface area contributed by atoms with E-state index < -0.39 is 6.89 Å². The van der Waals surface area contributed by atoms with Gasteiger partial charge in [0, 0.05) is 13.1 Å². The summed E-state index contributed by atoms with van der Waals surface area (Å²) in [6.45, 7) is 16.9. The van der Waals surface area contributed by atoms with Crippen LogP contribution in [0.4, 0.5) is 0 Å². The van der Waals surface area contributed by atoms with Crippen LogP contribution >= 0.6 is 6.89 Å². The molecule has 18 heavy (non-hydrogen) atoms. The van der Waals surface area contributed by atoms with Gasteiger partial charge >= 0.3 is 0 Å². The third-order valence-electron chi connectivity index (χ3n) is 4.00. The molecule has 0 radical (unpaired) electrons. The molecule has 0 aromatic carbocycles. The van der Waals surface area contributed by atoms with E-state index in [-0.39, 0.29) is 0 Å². The van der Waals surface area contributed by atoms with Gasteiger partial charge in [0.05, 0.1) is 0 Å². The summed E-state index contributed by atoms with van der Waals surface area (Å²) in [6, 6.07) is 0. The lowest BCUT2D eigenvalue weighted by Crippen LogP contribution is -2.28. The number of rotatable bonds is 9. The summed E-state index contributed by atoms with van der Waals surface area (Å²) in [5, 5.41) is 0. The number of nitrogens with zero attached hydrogens (tertiary/aromatic N) is 1. The van der Waals surface area contributed by atoms with Crippen molar-refractivity contribution >= 4 is 13.2 Å². The predicted octanol–water partition coefficient (Wildman–Crippen LogP) is 4.25. The van der Waals surface area contributed by atoms with Gasteiger partial charge in [-0.25, -0.2) is 0 Å². The molecule has 0 bridgehead atoms. The monoisotopic (exact) mass is 271 g/mol. The fourth-order valence-corrected chi connectivity index (χ4v) is 3.58. The fraction of sp³-hybridized carbons (Fsp3) is 0.812. The molecule has 0 fully saturated rings. The van der Waals surface area contributed by atoms with Crippen molar-refractivity contribution in [3.63, 3.8) is 0 Å². The molecule has 0 N–H and O–H groups in total. The molecule has 0 aromatic heterocycles. The summed E-state index contributed by atoms with van der Waals surface area (Å²) >= 11 is 0. The van der Waals surface area contributed by atoms with Crippen molar-refractivity contribution in [1.29, 1.82) is 0 Å². The molecule has 0 aliphatic carbocycles. The van der Waals surface area contributed by atoms with E-state index in [1.54, 1.807) is 0 Å². The molecule has 1 nitrogen and oxygen atoms in total. The highest BCUT2D eigenvalue weighted by Gasteiger charge is 2.15. The molecule has 0 aromatic rings. The molecular formula is C16H34NP. The Morgan fingerprint density at radius 3 is 2.17 bits per heavy atom. The average Bonchev–Trinajstić information content (AvgIpc) is 2.25. The minimum atomic E-state index is -0.930. The van der Waals surface area contributed by atoms with Gasteiger partial charge in [-0.15, -0.1) is 19.8 Å². The van der Waals surface area contributed by atoms with Crippen molar-refractivity contribution in [2.75, 3.05) is 33.0 Å². The van der Waals surface area contributed by atoms with E-state index in [0.29, 0.717) is 5.92 Å². The van der Waals surface area contributed by atoms with E-state index >= 15 is 0 Å². The lowest BCUT2D eigenvalue weighted by atomic mass is 10.1. The first-order valence-corrected chi connectivity index (χ1v) is 9.87. The molecule has 108 valence electrons. The van der Waals surface area contributed by atoms with Crippen LogP contribution in [-0.2, 0) is 0 Å². The zero-order chi connectivity index (χ0) is 14.3. The van der Waals surface area contributed by atoms with Crippen molar-refractivity contribution in [2.24, 2.45) is 11.8 Å². The molecule has 0 rings (SSSR count). The minimum absolute atomic E-state index is 0.587. The van der Waals surface area contributed by atoms with Crippen LogP contribution < -0.4 is 0 Å². The SMILES string of the molecule is C=CC(C)CN(C)CC(C)CCP(=C)(C)C(C)C. The highest BCUT2D eigenvalue weighted by Crippen LogP contribution is 2.46. The van der Waals surface area contributed by atoms with E-state index in [9.17, 15) is 0 Å². The average molecular weight is 271 g/mol. The Labute approximate surface area is 116 Å². The maximum absolute atomic E-state index is 4.47. The minimum Gasteiger partial charge on any atom is -0.306 e.